The summed E-state index contributed by atoms with van der Waals surface area (Å²) in [5.74, 6) is -2.36. The van der Waals surface area contributed by atoms with Crippen LogP contribution in [0.4, 0.5) is 8.78 Å². The van der Waals surface area contributed by atoms with Crippen molar-refractivity contribution in [3.8, 4) is 0 Å². The zero-order chi connectivity index (χ0) is 16.3. The number of rotatable bonds is 4. The molecular weight excluding hydrogens is 306 g/mol. The molecule has 1 aliphatic carbocycles. The maximum absolute atomic E-state index is 13.2. The molecule has 6 nitrogen and oxygen atoms in total. The van der Waals surface area contributed by atoms with E-state index < -0.39 is 5.92 Å². The topological polar surface area (TPSA) is 80.9 Å². The third-order valence-electron chi connectivity index (χ3n) is 3.86. The van der Waals surface area contributed by atoms with Crippen LogP contribution in [0.5, 0.6) is 0 Å². The number of alkyl halides is 2. The largest absolute Gasteiger partial charge is 0.342 e. The van der Waals surface area contributed by atoms with Crippen molar-refractivity contribution >= 4 is 5.91 Å². The van der Waals surface area contributed by atoms with Crippen molar-refractivity contribution in [2.45, 2.75) is 44.1 Å². The van der Waals surface area contributed by atoms with Gasteiger partial charge < -0.3 is 9.84 Å². The molecule has 2 aromatic rings. The summed E-state index contributed by atoms with van der Waals surface area (Å²) < 4.78 is 31.4. The predicted molar refractivity (Wildman–Crippen MR) is 75.9 cm³/mol. The van der Waals surface area contributed by atoms with Gasteiger partial charge in [0.2, 0.25) is 11.8 Å². The molecule has 1 fully saturated rings. The van der Waals surface area contributed by atoms with E-state index in [4.69, 9.17) is 4.52 Å². The summed E-state index contributed by atoms with van der Waals surface area (Å²) in [6.45, 7) is 0.0747. The SMILES string of the molecule is O=C(NCc1nc(C2CCC(F)(F)CC2)no1)c1ccccn1. The maximum atomic E-state index is 13.2. The molecule has 8 heteroatoms. The normalized spacial score (nSPS) is 17.8. The van der Waals surface area contributed by atoms with Crippen molar-refractivity contribution in [1.29, 1.82) is 0 Å². The Bertz CT molecular complexity index is 665. The van der Waals surface area contributed by atoms with Crippen LogP contribution >= 0.6 is 0 Å². The summed E-state index contributed by atoms with van der Waals surface area (Å²) in [6.07, 6.45) is 1.90. The van der Waals surface area contributed by atoms with Gasteiger partial charge in [-0.05, 0) is 25.0 Å². The number of hydrogen-bond donors (Lipinski definition) is 1. The third kappa shape index (κ3) is 3.88. The van der Waals surface area contributed by atoms with E-state index in [1.165, 1.54) is 6.20 Å². The fourth-order valence-electron chi connectivity index (χ4n) is 2.55. The van der Waals surface area contributed by atoms with Crippen molar-refractivity contribution in [3.63, 3.8) is 0 Å². The van der Waals surface area contributed by atoms with Crippen LogP contribution in [0, 0.1) is 0 Å². The quantitative estimate of drug-likeness (QED) is 0.936. The number of nitrogens with one attached hydrogen (secondary N) is 1. The van der Waals surface area contributed by atoms with Crippen LogP contribution in [0.3, 0.4) is 0 Å². The minimum atomic E-state index is -2.58. The van der Waals surface area contributed by atoms with Crippen molar-refractivity contribution < 1.29 is 18.1 Å². The summed E-state index contributed by atoms with van der Waals surface area (Å²) in [5, 5.41) is 6.47. The summed E-state index contributed by atoms with van der Waals surface area (Å²) in [6, 6.07) is 5.02. The van der Waals surface area contributed by atoms with Crippen molar-refractivity contribution in [1.82, 2.24) is 20.4 Å². The molecular formula is C15H16F2N4O2. The van der Waals surface area contributed by atoms with Gasteiger partial charge in [-0.15, -0.1) is 0 Å². The molecule has 0 spiro atoms. The molecule has 1 amide bonds. The highest BCUT2D eigenvalue weighted by Crippen LogP contribution is 2.39. The average Bonchev–Trinajstić information content (AvgIpc) is 3.02. The number of nitrogens with zero attached hydrogens (tertiary/aromatic N) is 3. The van der Waals surface area contributed by atoms with E-state index in [2.05, 4.69) is 20.4 Å². The smallest absolute Gasteiger partial charge is 0.270 e. The molecule has 0 radical (unpaired) electrons. The fraction of sp³-hybridized carbons (Fsp3) is 0.467. The van der Waals surface area contributed by atoms with Gasteiger partial charge >= 0.3 is 0 Å². The zero-order valence-corrected chi connectivity index (χ0v) is 12.3. The molecule has 23 heavy (non-hydrogen) atoms. The van der Waals surface area contributed by atoms with Gasteiger partial charge in [-0.1, -0.05) is 11.2 Å². The first kappa shape index (κ1) is 15.5. The molecule has 122 valence electrons. The van der Waals surface area contributed by atoms with E-state index >= 15 is 0 Å². The van der Waals surface area contributed by atoms with Crippen LogP contribution in [-0.4, -0.2) is 27.0 Å². The number of carbonyl (C=O) groups excluding carboxylic acids is 1. The van der Waals surface area contributed by atoms with Gasteiger partial charge in [-0.3, -0.25) is 9.78 Å². The first-order valence-electron chi connectivity index (χ1n) is 7.43. The van der Waals surface area contributed by atoms with Gasteiger partial charge in [0.05, 0.1) is 6.54 Å². The summed E-state index contributed by atoms with van der Waals surface area (Å²) >= 11 is 0. The molecule has 1 N–H and O–H groups in total. The Morgan fingerprint density at radius 2 is 2.13 bits per heavy atom. The molecule has 0 bridgehead atoms. The van der Waals surface area contributed by atoms with Crippen LogP contribution in [0.15, 0.2) is 28.9 Å². The van der Waals surface area contributed by atoms with Gasteiger partial charge in [0.25, 0.3) is 5.91 Å². The van der Waals surface area contributed by atoms with E-state index in [9.17, 15) is 13.6 Å². The van der Waals surface area contributed by atoms with Crippen LogP contribution < -0.4 is 5.32 Å². The molecule has 2 aromatic heterocycles. The molecule has 0 saturated heterocycles. The molecule has 1 aliphatic rings. The number of aromatic nitrogens is 3. The van der Waals surface area contributed by atoms with Crippen molar-refractivity contribution in [3.05, 3.63) is 41.8 Å². The lowest BCUT2D eigenvalue weighted by atomic mass is 9.86. The standard InChI is InChI=1S/C15H16F2N4O2/c16-15(17)6-4-10(5-7-15)13-20-12(23-21-13)9-19-14(22)11-3-1-2-8-18-11/h1-3,8,10H,4-7,9H2,(H,19,22). The fourth-order valence-corrected chi connectivity index (χ4v) is 2.55. The second kappa shape index (κ2) is 6.39. The molecule has 1 saturated carbocycles. The Balaban J connectivity index is 1.55. The number of pyridine rings is 1. The van der Waals surface area contributed by atoms with E-state index in [0.717, 1.165) is 0 Å². The summed E-state index contributed by atoms with van der Waals surface area (Å²) in [5.41, 5.74) is 0.293. The van der Waals surface area contributed by atoms with Crippen molar-refractivity contribution in [2.75, 3.05) is 0 Å². The van der Waals surface area contributed by atoms with Gasteiger partial charge in [0.15, 0.2) is 5.82 Å². The van der Waals surface area contributed by atoms with Gasteiger partial charge in [0, 0.05) is 25.0 Å². The third-order valence-corrected chi connectivity index (χ3v) is 3.86. The lowest BCUT2D eigenvalue weighted by molar-refractivity contribution is -0.0389. The highest BCUT2D eigenvalue weighted by atomic mass is 19.3. The summed E-state index contributed by atoms with van der Waals surface area (Å²) in [4.78, 5) is 20.0. The Kier molecular flexibility index (Phi) is 4.31. The van der Waals surface area contributed by atoms with Gasteiger partial charge in [0.1, 0.15) is 5.69 Å². The summed E-state index contributed by atoms with van der Waals surface area (Å²) in [7, 11) is 0. The lowest BCUT2D eigenvalue weighted by Crippen LogP contribution is -2.24. The van der Waals surface area contributed by atoms with Gasteiger partial charge in [-0.25, -0.2) is 8.78 Å². The Hall–Kier alpha value is -2.38. The molecule has 0 aliphatic heterocycles. The Morgan fingerprint density at radius 1 is 1.35 bits per heavy atom. The monoisotopic (exact) mass is 322 g/mol. The van der Waals surface area contributed by atoms with Crippen molar-refractivity contribution in [2.24, 2.45) is 0 Å². The minimum absolute atomic E-state index is 0.0747. The lowest BCUT2D eigenvalue weighted by Gasteiger charge is -2.26. The van der Waals surface area contributed by atoms with Crippen LogP contribution in [-0.2, 0) is 6.54 Å². The average molecular weight is 322 g/mol. The zero-order valence-electron chi connectivity index (χ0n) is 12.3. The van der Waals surface area contributed by atoms with E-state index in [1.54, 1.807) is 18.2 Å². The van der Waals surface area contributed by atoms with Crippen LogP contribution in [0.2, 0.25) is 0 Å². The van der Waals surface area contributed by atoms with Crippen LogP contribution in [0.1, 0.15) is 53.8 Å². The second-order valence-corrected chi connectivity index (χ2v) is 5.57. The highest BCUT2D eigenvalue weighted by molar-refractivity contribution is 5.91. The molecule has 2 heterocycles. The number of hydrogen-bond acceptors (Lipinski definition) is 5. The first-order valence-corrected chi connectivity index (χ1v) is 7.43. The van der Waals surface area contributed by atoms with E-state index in [0.29, 0.717) is 24.4 Å². The highest BCUT2D eigenvalue weighted by Gasteiger charge is 2.36. The molecule has 3 rings (SSSR count). The number of halogens is 2. The second-order valence-electron chi connectivity index (χ2n) is 5.57. The molecule has 0 aromatic carbocycles. The molecule has 0 atom stereocenters. The molecule has 0 unspecified atom stereocenters. The van der Waals surface area contributed by atoms with E-state index in [1.807, 2.05) is 0 Å². The minimum Gasteiger partial charge on any atom is -0.342 e. The predicted octanol–water partition coefficient (Wildman–Crippen LogP) is 2.69. The Morgan fingerprint density at radius 3 is 2.83 bits per heavy atom. The van der Waals surface area contributed by atoms with Gasteiger partial charge in [-0.2, -0.15) is 4.98 Å². The van der Waals surface area contributed by atoms with Crippen LogP contribution in [0.25, 0.3) is 0 Å². The Labute approximate surface area is 131 Å². The van der Waals surface area contributed by atoms with E-state index in [-0.39, 0.29) is 37.1 Å². The number of amides is 1. The first-order chi connectivity index (χ1) is 11.0. The number of carbonyl (C=O) groups is 1. The maximum Gasteiger partial charge on any atom is 0.270 e.